The number of aryl methyl sites for hydroxylation is 1. The summed E-state index contributed by atoms with van der Waals surface area (Å²) in [7, 11) is 0. The maximum atomic E-state index is 12.8. The van der Waals surface area contributed by atoms with E-state index in [2.05, 4.69) is 0 Å². The molecule has 3 nitrogen and oxygen atoms in total. The lowest BCUT2D eigenvalue weighted by Gasteiger charge is -2.08. The Morgan fingerprint density at radius 2 is 2.00 bits per heavy atom. The van der Waals surface area contributed by atoms with Crippen LogP contribution in [0.2, 0.25) is 0 Å². The number of carbonyl (C=O) groups excluding carboxylic acids is 2. The summed E-state index contributed by atoms with van der Waals surface area (Å²) in [6.45, 7) is 4.09. The van der Waals surface area contributed by atoms with Gasteiger partial charge in [-0.25, -0.2) is 4.79 Å². The summed E-state index contributed by atoms with van der Waals surface area (Å²) >= 11 is 1.39. The first-order chi connectivity index (χ1) is 10.6. The highest BCUT2D eigenvalue weighted by molar-refractivity contribution is 7.21. The molecule has 1 fully saturated rings. The number of fused-ring (bicyclic) bond motifs is 1. The summed E-state index contributed by atoms with van der Waals surface area (Å²) in [6, 6.07) is 5.79. The van der Waals surface area contributed by atoms with Gasteiger partial charge in [-0.05, 0) is 43.7 Å². The van der Waals surface area contributed by atoms with E-state index in [0.717, 1.165) is 46.9 Å². The van der Waals surface area contributed by atoms with Crippen LogP contribution in [0.3, 0.4) is 0 Å². The minimum atomic E-state index is -0.291. The van der Waals surface area contributed by atoms with E-state index in [9.17, 15) is 9.59 Å². The fraction of sp³-hybridized carbons (Fsp3) is 0.444. The second-order valence-electron chi connectivity index (χ2n) is 5.80. The second kappa shape index (κ2) is 6.21. The fourth-order valence-corrected chi connectivity index (χ4v) is 4.46. The monoisotopic (exact) mass is 316 g/mol. The Kier molecular flexibility index (Phi) is 4.30. The third-order valence-corrected chi connectivity index (χ3v) is 5.74. The average Bonchev–Trinajstić information content (AvgIpc) is 3.15. The van der Waals surface area contributed by atoms with Crippen LogP contribution in [0.1, 0.15) is 58.2 Å². The van der Waals surface area contributed by atoms with Gasteiger partial charge in [0.25, 0.3) is 0 Å². The number of ether oxygens (including phenoxy) is 1. The van der Waals surface area contributed by atoms with E-state index in [4.69, 9.17) is 4.74 Å². The van der Waals surface area contributed by atoms with Crippen molar-refractivity contribution in [3.8, 4) is 0 Å². The molecule has 0 spiro atoms. The molecule has 1 heterocycles. The summed E-state index contributed by atoms with van der Waals surface area (Å²) in [5, 5.41) is 0.997. The lowest BCUT2D eigenvalue weighted by atomic mass is 9.95. The van der Waals surface area contributed by atoms with Gasteiger partial charge in [0, 0.05) is 16.2 Å². The smallest absolute Gasteiger partial charge is 0.348 e. The van der Waals surface area contributed by atoms with Gasteiger partial charge in [0.2, 0.25) is 0 Å². The first kappa shape index (κ1) is 15.2. The van der Waals surface area contributed by atoms with Gasteiger partial charge < -0.3 is 4.74 Å². The zero-order chi connectivity index (χ0) is 15.7. The summed E-state index contributed by atoms with van der Waals surface area (Å²) in [5.74, 6) is 0.0965. The molecule has 2 aromatic rings. The number of ketones is 1. The highest BCUT2D eigenvalue weighted by atomic mass is 32.1. The third kappa shape index (κ3) is 2.56. The standard InChI is InChI=1S/C18H20O3S/c1-3-21-18(20)16-11(2)13-9-6-10-14(17(13)22-16)15(19)12-7-4-5-8-12/h6,9-10,12H,3-5,7-8H2,1-2H3. The van der Waals surface area contributed by atoms with Gasteiger partial charge in [0.15, 0.2) is 5.78 Å². The summed E-state index contributed by atoms with van der Waals surface area (Å²) in [5.41, 5.74) is 1.69. The van der Waals surface area contributed by atoms with Gasteiger partial charge in [0.1, 0.15) is 4.88 Å². The fourth-order valence-electron chi connectivity index (χ4n) is 3.24. The van der Waals surface area contributed by atoms with Crippen LogP contribution in [0.5, 0.6) is 0 Å². The molecular weight excluding hydrogens is 296 g/mol. The van der Waals surface area contributed by atoms with Crippen LogP contribution in [-0.4, -0.2) is 18.4 Å². The molecule has 0 atom stereocenters. The zero-order valence-electron chi connectivity index (χ0n) is 13.0. The highest BCUT2D eigenvalue weighted by Gasteiger charge is 2.27. The van der Waals surface area contributed by atoms with E-state index >= 15 is 0 Å². The second-order valence-corrected chi connectivity index (χ2v) is 6.83. The van der Waals surface area contributed by atoms with Crippen LogP contribution in [0.4, 0.5) is 0 Å². The predicted octanol–water partition coefficient (Wildman–Crippen LogP) is 4.76. The Morgan fingerprint density at radius 1 is 1.27 bits per heavy atom. The topological polar surface area (TPSA) is 43.4 Å². The van der Waals surface area contributed by atoms with E-state index < -0.39 is 0 Å². The van der Waals surface area contributed by atoms with Crippen molar-refractivity contribution in [1.29, 1.82) is 0 Å². The molecule has 0 bridgehead atoms. The van der Waals surface area contributed by atoms with Crippen molar-refractivity contribution in [1.82, 2.24) is 0 Å². The van der Waals surface area contributed by atoms with Crippen LogP contribution in [-0.2, 0) is 4.74 Å². The number of carbonyl (C=O) groups is 2. The molecule has 0 radical (unpaired) electrons. The number of benzene rings is 1. The molecule has 116 valence electrons. The zero-order valence-corrected chi connectivity index (χ0v) is 13.8. The molecule has 0 N–H and O–H groups in total. The Hall–Kier alpha value is -1.68. The quantitative estimate of drug-likeness (QED) is 0.603. The van der Waals surface area contributed by atoms with Crippen LogP contribution in [0.15, 0.2) is 18.2 Å². The van der Waals surface area contributed by atoms with E-state index in [-0.39, 0.29) is 17.7 Å². The summed E-state index contributed by atoms with van der Waals surface area (Å²) in [4.78, 5) is 25.5. The molecule has 1 saturated carbocycles. The summed E-state index contributed by atoms with van der Waals surface area (Å²) < 4.78 is 6.06. The van der Waals surface area contributed by atoms with E-state index in [1.54, 1.807) is 6.92 Å². The van der Waals surface area contributed by atoms with Crippen molar-refractivity contribution >= 4 is 33.2 Å². The van der Waals surface area contributed by atoms with Crippen molar-refractivity contribution in [3.05, 3.63) is 34.2 Å². The summed E-state index contributed by atoms with van der Waals surface area (Å²) in [6.07, 6.45) is 4.27. The average molecular weight is 316 g/mol. The van der Waals surface area contributed by atoms with Gasteiger partial charge in [-0.3, -0.25) is 4.79 Å². The minimum Gasteiger partial charge on any atom is -0.462 e. The maximum absolute atomic E-state index is 12.8. The normalized spacial score (nSPS) is 15.4. The molecule has 1 aromatic heterocycles. The van der Waals surface area contributed by atoms with Crippen molar-refractivity contribution in [2.45, 2.75) is 39.5 Å². The van der Waals surface area contributed by atoms with Crippen LogP contribution >= 0.6 is 11.3 Å². The molecule has 0 aliphatic heterocycles. The van der Waals surface area contributed by atoms with E-state index in [1.807, 2.05) is 25.1 Å². The largest absolute Gasteiger partial charge is 0.462 e. The predicted molar refractivity (Wildman–Crippen MR) is 88.8 cm³/mol. The van der Waals surface area contributed by atoms with Crippen molar-refractivity contribution in [2.24, 2.45) is 5.92 Å². The molecule has 3 rings (SSSR count). The lowest BCUT2D eigenvalue weighted by Crippen LogP contribution is -2.10. The maximum Gasteiger partial charge on any atom is 0.348 e. The lowest BCUT2D eigenvalue weighted by molar-refractivity contribution is 0.0531. The first-order valence-corrected chi connectivity index (χ1v) is 8.68. The van der Waals surface area contributed by atoms with Crippen LogP contribution in [0, 0.1) is 12.8 Å². The molecule has 1 aliphatic carbocycles. The number of hydrogen-bond acceptors (Lipinski definition) is 4. The molecular formula is C18H20O3S. The van der Waals surface area contributed by atoms with Crippen molar-refractivity contribution in [3.63, 3.8) is 0 Å². The van der Waals surface area contributed by atoms with Gasteiger partial charge in [-0.1, -0.05) is 25.0 Å². The molecule has 22 heavy (non-hydrogen) atoms. The number of rotatable bonds is 4. The van der Waals surface area contributed by atoms with Crippen molar-refractivity contribution < 1.29 is 14.3 Å². The Morgan fingerprint density at radius 3 is 2.68 bits per heavy atom. The van der Waals surface area contributed by atoms with Gasteiger partial charge >= 0.3 is 5.97 Å². The van der Waals surface area contributed by atoms with Crippen LogP contribution in [0.25, 0.3) is 10.1 Å². The van der Waals surface area contributed by atoms with E-state index in [0.29, 0.717) is 11.5 Å². The number of Topliss-reactive ketones (excluding diaryl/α,β-unsaturated/α-hetero) is 1. The molecule has 1 aromatic carbocycles. The van der Waals surface area contributed by atoms with Crippen molar-refractivity contribution in [2.75, 3.05) is 6.61 Å². The molecule has 1 aliphatic rings. The molecule has 0 amide bonds. The highest BCUT2D eigenvalue weighted by Crippen LogP contribution is 2.36. The van der Waals surface area contributed by atoms with Crippen LogP contribution < -0.4 is 0 Å². The Balaban J connectivity index is 2.06. The Labute approximate surface area is 134 Å². The molecule has 4 heteroatoms. The van der Waals surface area contributed by atoms with E-state index in [1.165, 1.54) is 11.3 Å². The first-order valence-electron chi connectivity index (χ1n) is 7.87. The van der Waals surface area contributed by atoms with Gasteiger partial charge in [0.05, 0.1) is 6.61 Å². The Bertz CT molecular complexity index is 723. The SMILES string of the molecule is CCOC(=O)c1sc2c(C(=O)C3CCCC3)cccc2c1C. The number of esters is 1. The molecule has 0 saturated heterocycles. The van der Waals surface area contributed by atoms with Gasteiger partial charge in [-0.15, -0.1) is 11.3 Å². The third-order valence-electron chi connectivity index (χ3n) is 4.42. The van der Waals surface area contributed by atoms with Gasteiger partial charge in [-0.2, -0.15) is 0 Å². The number of thiophene rings is 1. The minimum absolute atomic E-state index is 0.152. The molecule has 0 unspecified atom stereocenters. The number of hydrogen-bond donors (Lipinski definition) is 0.